The number of hydrogen-bond donors (Lipinski definition) is 0. The molecule has 0 atom stereocenters. The average molecular weight is 341 g/mol. The minimum atomic E-state index is 0.827. The molecule has 0 amide bonds. The second kappa shape index (κ2) is 6.79. The van der Waals surface area contributed by atoms with E-state index < -0.39 is 0 Å². The van der Waals surface area contributed by atoms with Crippen LogP contribution in [0.25, 0.3) is 5.65 Å². The molecule has 1 saturated heterocycles. The van der Waals surface area contributed by atoms with Gasteiger partial charge in [-0.1, -0.05) is 12.1 Å². The lowest BCUT2D eigenvalue weighted by Gasteiger charge is -2.22. The van der Waals surface area contributed by atoms with Crippen LogP contribution in [0.15, 0.2) is 23.0 Å². The van der Waals surface area contributed by atoms with E-state index >= 15 is 0 Å². The molecule has 132 valence electrons. The molecule has 25 heavy (non-hydrogen) atoms. The maximum Gasteiger partial charge on any atom is 0.203 e. The molecule has 0 unspecified atom stereocenters. The van der Waals surface area contributed by atoms with E-state index in [1.165, 1.54) is 0 Å². The summed E-state index contributed by atoms with van der Waals surface area (Å²) in [5, 5.41) is 12.7. The van der Waals surface area contributed by atoms with E-state index in [1.54, 1.807) is 0 Å². The van der Waals surface area contributed by atoms with Crippen LogP contribution in [0, 0.1) is 6.92 Å². The van der Waals surface area contributed by atoms with Crippen molar-refractivity contribution >= 4 is 11.5 Å². The molecular weight excluding hydrogens is 318 g/mol. The summed E-state index contributed by atoms with van der Waals surface area (Å²) in [5.74, 6) is 2.76. The number of nitrogens with zero attached hydrogens (tertiary/aromatic N) is 7. The highest BCUT2D eigenvalue weighted by molar-refractivity contribution is 5.63. The molecule has 0 N–H and O–H groups in total. The summed E-state index contributed by atoms with van der Waals surface area (Å²) in [4.78, 5) is 9.32. The van der Waals surface area contributed by atoms with Crippen LogP contribution in [0.4, 0.5) is 5.82 Å². The quantitative estimate of drug-likeness (QED) is 0.715. The summed E-state index contributed by atoms with van der Waals surface area (Å²) in [7, 11) is 0. The summed E-state index contributed by atoms with van der Waals surface area (Å²) in [6.45, 7) is 8.73. The molecule has 4 rings (SSSR count). The van der Waals surface area contributed by atoms with Crippen LogP contribution >= 0.6 is 0 Å². The first kappa shape index (κ1) is 16.0. The molecule has 1 fully saturated rings. The zero-order valence-corrected chi connectivity index (χ0v) is 14.7. The van der Waals surface area contributed by atoms with Crippen molar-refractivity contribution in [2.24, 2.45) is 0 Å². The Morgan fingerprint density at radius 3 is 2.88 bits per heavy atom. The van der Waals surface area contributed by atoms with Crippen LogP contribution in [0.3, 0.4) is 0 Å². The monoisotopic (exact) mass is 341 g/mol. The normalized spacial score (nSPS) is 16.5. The highest BCUT2D eigenvalue weighted by Crippen LogP contribution is 2.20. The summed E-state index contributed by atoms with van der Waals surface area (Å²) < 4.78 is 7.22. The molecule has 0 aromatic carbocycles. The first-order chi connectivity index (χ1) is 12.2. The Morgan fingerprint density at radius 1 is 1.16 bits per heavy atom. The Balaban J connectivity index is 1.50. The minimum Gasteiger partial charge on any atom is -0.361 e. The Labute approximate surface area is 146 Å². The predicted molar refractivity (Wildman–Crippen MR) is 93.5 cm³/mol. The van der Waals surface area contributed by atoms with Gasteiger partial charge in [0.15, 0.2) is 5.82 Å². The Kier molecular flexibility index (Phi) is 4.35. The van der Waals surface area contributed by atoms with Crippen molar-refractivity contribution in [2.75, 3.05) is 31.1 Å². The van der Waals surface area contributed by atoms with Crippen molar-refractivity contribution in [2.45, 2.75) is 33.2 Å². The van der Waals surface area contributed by atoms with Gasteiger partial charge in [0, 0.05) is 57.6 Å². The zero-order chi connectivity index (χ0) is 17.2. The number of hydrogen-bond acceptors (Lipinski definition) is 7. The molecule has 3 aromatic heterocycles. The highest BCUT2D eigenvalue weighted by atomic mass is 16.5. The second-order valence-electron chi connectivity index (χ2n) is 6.46. The number of fused-ring (bicyclic) bond motifs is 1. The number of rotatable bonds is 4. The summed E-state index contributed by atoms with van der Waals surface area (Å²) in [6.07, 6.45) is 5.71. The lowest BCUT2D eigenvalue weighted by atomic mass is 10.3. The van der Waals surface area contributed by atoms with Gasteiger partial charge in [0.1, 0.15) is 11.6 Å². The SMILES string of the molecule is CCc1nnc2c(N3CCCN(Cc4cc(C)on4)CC3)nccn12. The summed E-state index contributed by atoms with van der Waals surface area (Å²) in [5.41, 5.74) is 1.84. The van der Waals surface area contributed by atoms with E-state index in [-0.39, 0.29) is 0 Å². The molecule has 0 bridgehead atoms. The minimum absolute atomic E-state index is 0.827. The third kappa shape index (κ3) is 3.21. The van der Waals surface area contributed by atoms with E-state index in [4.69, 9.17) is 4.52 Å². The van der Waals surface area contributed by atoms with Crippen LogP contribution in [0.2, 0.25) is 0 Å². The topological polar surface area (TPSA) is 75.6 Å². The van der Waals surface area contributed by atoms with E-state index in [0.717, 1.165) is 74.3 Å². The number of anilines is 1. The third-order valence-electron chi connectivity index (χ3n) is 4.65. The van der Waals surface area contributed by atoms with E-state index in [9.17, 15) is 0 Å². The van der Waals surface area contributed by atoms with Crippen molar-refractivity contribution in [1.29, 1.82) is 0 Å². The Morgan fingerprint density at radius 2 is 2.08 bits per heavy atom. The average Bonchev–Trinajstić information content (AvgIpc) is 3.15. The molecular formula is C17H23N7O. The second-order valence-corrected chi connectivity index (χ2v) is 6.46. The molecule has 8 nitrogen and oxygen atoms in total. The maximum absolute atomic E-state index is 5.17. The van der Waals surface area contributed by atoms with Crippen molar-refractivity contribution in [1.82, 2.24) is 29.6 Å². The van der Waals surface area contributed by atoms with Gasteiger partial charge in [-0.05, 0) is 13.3 Å². The molecule has 8 heteroatoms. The highest BCUT2D eigenvalue weighted by Gasteiger charge is 2.20. The van der Waals surface area contributed by atoms with Crippen LogP contribution < -0.4 is 4.90 Å². The van der Waals surface area contributed by atoms with Crippen molar-refractivity contribution in [3.05, 3.63) is 35.7 Å². The van der Waals surface area contributed by atoms with Gasteiger partial charge in [-0.3, -0.25) is 9.30 Å². The van der Waals surface area contributed by atoms with Gasteiger partial charge in [-0.2, -0.15) is 0 Å². The smallest absolute Gasteiger partial charge is 0.203 e. The van der Waals surface area contributed by atoms with Gasteiger partial charge in [-0.25, -0.2) is 4.98 Å². The van der Waals surface area contributed by atoms with Crippen molar-refractivity contribution in [3.8, 4) is 0 Å². The van der Waals surface area contributed by atoms with Gasteiger partial charge < -0.3 is 9.42 Å². The molecule has 3 aromatic rings. The predicted octanol–water partition coefficient (Wildman–Crippen LogP) is 1.70. The number of aromatic nitrogens is 5. The maximum atomic E-state index is 5.17. The molecule has 0 saturated carbocycles. The lowest BCUT2D eigenvalue weighted by Crippen LogP contribution is -2.31. The Bertz CT molecular complexity index is 856. The van der Waals surface area contributed by atoms with Crippen molar-refractivity contribution < 1.29 is 4.52 Å². The zero-order valence-electron chi connectivity index (χ0n) is 14.7. The lowest BCUT2D eigenvalue weighted by molar-refractivity contribution is 0.273. The number of aryl methyl sites for hydroxylation is 2. The van der Waals surface area contributed by atoms with Crippen LogP contribution in [0.5, 0.6) is 0 Å². The first-order valence-electron chi connectivity index (χ1n) is 8.82. The molecule has 4 heterocycles. The summed E-state index contributed by atoms with van der Waals surface area (Å²) in [6, 6.07) is 2.01. The van der Waals surface area contributed by atoms with Gasteiger partial charge >= 0.3 is 0 Å². The Hall–Kier alpha value is -2.48. The molecule has 0 aliphatic carbocycles. The summed E-state index contributed by atoms with van der Waals surface area (Å²) >= 11 is 0. The fraction of sp³-hybridized carbons (Fsp3) is 0.529. The van der Waals surface area contributed by atoms with E-state index in [1.807, 2.05) is 29.8 Å². The largest absolute Gasteiger partial charge is 0.361 e. The van der Waals surface area contributed by atoms with Gasteiger partial charge in [-0.15, -0.1) is 10.2 Å². The third-order valence-corrected chi connectivity index (χ3v) is 4.65. The van der Waals surface area contributed by atoms with Gasteiger partial charge in [0.2, 0.25) is 5.65 Å². The van der Waals surface area contributed by atoms with Gasteiger partial charge in [0.05, 0.1) is 5.69 Å². The molecule has 0 radical (unpaired) electrons. The molecule has 1 aliphatic rings. The fourth-order valence-corrected chi connectivity index (χ4v) is 3.39. The van der Waals surface area contributed by atoms with Gasteiger partial charge in [0.25, 0.3) is 0 Å². The fourth-order valence-electron chi connectivity index (χ4n) is 3.39. The van der Waals surface area contributed by atoms with Crippen molar-refractivity contribution in [3.63, 3.8) is 0 Å². The molecule has 0 spiro atoms. The first-order valence-corrected chi connectivity index (χ1v) is 8.82. The van der Waals surface area contributed by atoms with E-state index in [2.05, 4.69) is 37.1 Å². The standard InChI is InChI=1S/C17H23N7O/c1-3-15-19-20-17-16(18-5-8-24(15)17)23-7-4-6-22(9-10-23)12-14-11-13(2)25-21-14/h5,8,11H,3-4,6-7,9-10,12H2,1-2H3. The van der Waals surface area contributed by atoms with Crippen LogP contribution in [0.1, 0.15) is 30.6 Å². The van der Waals surface area contributed by atoms with Crippen LogP contribution in [-0.2, 0) is 13.0 Å². The van der Waals surface area contributed by atoms with E-state index in [0.29, 0.717) is 0 Å². The van der Waals surface area contributed by atoms with Crippen LogP contribution in [-0.4, -0.2) is 55.8 Å². The molecule has 1 aliphatic heterocycles.